The van der Waals surface area contributed by atoms with Crippen molar-refractivity contribution in [1.29, 1.82) is 0 Å². The molecule has 30 heavy (non-hydrogen) atoms. The lowest BCUT2D eigenvalue weighted by Crippen LogP contribution is -2.34. The number of ether oxygens (including phenoxy) is 2. The van der Waals surface area contributed by atoms with Crippen molar-refractivity contribution in [1.82, 2.24) is 10.3 Å². The summed E-state index contributed by atoms with van der Waals surface area (Å²) in [6.07, 6.45) is 9.72. The number of benzene rings is 1. The Morgan fingerprint density at radius 1 is 1.13 bits per heavy atom. The van der Waals surface area contributed by atoms with Gasteiger partial charge in [0.15, 0.2) is 0 Å². The number of piperidine rings is 1. The molecule has 2 aromatic rings. The molecule has 1 aromatic carbocycles. The predicted octanol–water partition coefficient (Wildman–Crippen LogP) is 4.69. The number of anilines is 1. The SMILES string of the molecule is Clc1cccc(COCCC2CCN(c3cncc(OC[C@@H]4CCCN4)c3)CC2)c1. The third kappa shape index (κ3) is 6.34. The molecule has 2 aliphatic rings. The lowest BCUT2D eigenvalue weighted by Gasteiger charge is -2.33. The van der Waals surface area contributed by atoms with Crippen LogP contribution >= 0.6 is 11.6 Å². The maximum absolute atomic E-state index is 6.03. The zero-order valence-electron chi connectivity index (χ0n) is 17.6. The molecule has 5 nitrogen and oxygen atoms in total. The van der Waals surface area contributed by atoms with Crippen LogP contribution in [-0.2, 0) is 11.3 Å². The third-order valence-electron chi connectivity index (χ3n) is 6.12. The van der Waals surface area contributed by atoms with Gasteiger partial charge in [0, 0.05) is 36.8 Å². The van der Waals surface area contributed by atoms with E-state index in [0.29, 0.717) is 12.6 Å². The summed E-state index contributed by atoms with van der Waals surface area (Å²) in [5.74, 6) is 1.60. The van der Waals surface area contributed by atoms with Gasteiger partial charge in [-0.15, -0.1) is 0 Å². The molecule has 0 bridgehead atoms. The van der Waals surface area contributed by atoms with Gasteiger partial charge in [0.25, 0.3) is 0 Å². The van der Waals surface area contributed by atoms with Crippen LogP contribution in [0.1, 0.15) is 37.7 Å². The molecule has 0 spiro atoms. The second-order valence-corrected chi connectivity index (χ2v) is 8.82. The van der Waals surface area contributed by atoms with Crippen LogP contribution in [0.2, 0.25) is 5.02 Å². The van der Waals surface area contributed by atoms with E-state index in [2.05, 4.69) is 27.3 Å². The number of aromatic nitrogens is 1. The summed E-state index contributed by atoms with van der Waals surface area (Å²) in [4.78, 5) is 6.83. The average Bonchev–Trinajstić information content (AvgIpc) is 3.30. The van der Waals surface area contributed by atoms with Crippen LogP contribution in [0.5, 0.6) is 5.75 Å². The lowest BCUT2D eigenvalue weighted by atomic mass is 9.94. The van der Waals surface area contributed by atoms with Gasteiger partial charge < -0.3 is 19.7 Å². The van der Waals surface area contributed by atoms with Gasteiger partial charge in [0.05, 0.1) is 24.7 Å². The van der Waals surface area contributed by atoms with Gasteiger partial charge in [0.1, 0.15) is 12.4 Å². The molecule has 0 saturated carbocycles. The first-order valence-corrected chi connectivity index (χ1v) is 11.5. The van der Waals surface area contributed by atoms with E-state index in [9.17, 15) is 0 Å². The summed E-state index contributed by atoms with van der Waals surface area (Å²) in [7, 11) is 0. The minimum absolute atomic E-state index is 0.477. The molecule has 0 unspecified atom stereocenters. The highest BCUT2D eigenvalue weighted by Gasteiger charge is 2.20. The Hall–Kier alpha value is -1.82. The number of hydrogen-bond donors (Lipinski definition) is 1. The van der Waals surface area contributed by atoms with Gasteiger partial charge in [-0.3, -0.25) is 4.98 Å². The van der Waals surface area contributed by atoms with Crippen molar-refractivity contribution in [3.8, 4) is 5.75 Å². The van der Waals surface area contributed by atoms with Crippen molar-refractivity contribution >= 4 is 17.3 Å². The molecule has 1 aromatic heterocycles. The first-order chi connectivity index (χ1) is 14.8. The number of rotatable bonds is 9. The average molecular weight is 430 g/mol. The lowest BCUT2D eigenvalue weighted by molar-refractivity contribution is 0.104. The summed E-state index contributed by atoms with van der Waals surface area (Å²) in [6, 6.07) is 10.5. The van der Waals surface area contributed by atoms with Crippen molar-refractivity contribution in [3.63, 3.8) is 0 Å². The monoisotopic (exact) mass is 429 g/mol. The van der Waals surface area contributed by atoms with E-state index in [-0.39, 0.29) is 0 Å². The number of nitrogens with zero attached hydrogens (tertiary/aromatic N) is 2. The molecule has 2 fully saturated rings. The van der Waals surface area contributed by atoms with Gasteiger partial charge in [-0.1, -0.05) is 23.7 Å². The Bertz CT molecular complexity index is 790. The van der Waals surface area contributed by atoms with E-state index in [1.54, 1.807) is 0 Å². The molecule has 3 heterocycles. The molecule has 162 valence electrons. The van der Waals surface area contributed by atoms with Crippen LogP contribution in [0.3, 0.4) is 0 Å². The van der Waals surface area contributed by atoms with Gasteiger partial charge >= 0.3 is 0 Å². The van der Waals surface area contributed by atoms with Crippen molar-refractivity contribution in [2.24, 2.45) is 5.92 Å². The highest BCUT2D eigenvalue weighted by atomic mass is 35.5. The second-order valence-electron chi connectivity index (χ2n) is 8.38. The number of nitrogens with one attached hydrogen (secondary N) is 1. The van der Waals surface area contributed by atoms with Crippen molar-refractivity contribution in [2.75, 3.05) is 37.7 Å². The Kier molecular flexibility index (Phi) is 7.84. The molecule has 1 atom stereocenters. The molecule has 0 aliphatic carbocycles. The molecule has 1 N–H and O–H groups in total. The molecule has 2 aliphatic heterocycles. The summed E-state index contributed by atoms with van der Waals surface area (Å²) >= 11 is 6.03. The van der Waals surface area contributed by atoms with Gasteiger partial charge in [-0.25, -0.2) is 0 Å². The van der Waals surface area contributed by atoms with Crippen LogP contribution in [0, 0.1) is 5.92 Å². The fourth-order valence-electron chi connectivity index (χ4n) is 4.30. The van der Waals surface area contributed by atoms with Crippen LogP contribution < -0.4 is 15.0 Å². The van der Waals surface area contributed by atoms with Crippen molar-refractivity contribution in [3.05, 3.63) is 53.3 Å². The predicted molar refractivity (Wildman–Crippen MR) is 121 cm³/mol. The van der Waals surface area contributed by atoms with Gasteiger partial charge in [-0.05, 0) is 62.3 Å². The Morgan fingerprint density at radius 2 is 2.03 bits per heavy atom. The summed E-state index contributed by atoms with van der Waals surface area (Å²) in [5, 5.41) is 4.24. The van der Waals surface area contributed by atoms with Gasteiger partial charge in [-0.2, -0.15) is 0 Å². The van der Waals surface area contributed by atoms with Crippen LogP contribution in [0.4, 0.5) is 5.69 Å². The van der Waals surface area contributed by atoms with E-state index in [1.807, 2.05) is 30.6 Å². The van der Waals surface area contributed by atoms with Gasteiger partial charge in [0.2, 0.25) is 0 Å². The quantitative estimate of drug-likeness (QED) is 0.586. The Morgan fingerprint density at radius 3 is 2.83 bits per heavy atom. The molecule has 6 heteroatoms. The summed E-state index contributed by atoms with van der Waals surface area (Å²) in [5.41, 5.74) is 2.30. The molecule has 0 amide bonds. The molecular weight excluding hydrogens is 398 g/mol. The smallest absolute Gasteiger partial charge is 0.139 e. The first-order valence-electron chi connectivity index (χ1n) is 11.1. The molecule has 0 radical (unpaired) electrons. The zero-order valence-corrected chi connectivity index (χ0v) is 18.3. The fourth-order valence-corrected chi connectivity index (χ4v) is 4.51. The fraction of sp³-hybridized carbons (Fsp3) is 0.542. The van der Waals surface area contributed by atoms with Crippen molar-refractivity contribution in [2.45, 2.75) is 44.8 Å². The number of hydrogen-bond acceptors (Lipinski definition) is 5. The topological polar surface area (TPSA) is 46.6 Å². The normalized spacial score (nSPS) is 19.9. The Balaban J connectivity index is 1.16. The third-order valence-corrected chi connectivity index (χ3v) is 6.36. The number of pyridine rings is 1. The highest BCUT2D eigenvalue weighted by Crippen LogP contribution is 2.27. The van der Waals surface area contributed by atoms with E-state index >= 15 is 0 Å². The van der Waals surface area contributed by atoms with E-state index in [4.69, 9.17) is 21.1 Å². The molecular formula is C24H32ClN3O2. The van der Waals surface area contributed by atoms with Crippen LogP contribution in [0.25, 0.3) is 0 Å². The minimum Gasteiger partial charge on any atom is -0.490 e. The highest BCUT2D eigenvalue weighted by molar-refractivity contribution is 6.30. The van der Waals surface area contributed by atoms with Crippen molar-refractivity contribution < 1.29 is 9.47 Å². The molecule has 2 saturated heterocycles. The summed E-state index contributed by atoms with van der Waals surface area (Å²) in [6.45, 7) is 5.39. The van der Waals surface area contributed by atoms with E-state index in [1.165, 1.54) is 31.4 Å². The maximum Gasteiger partial charge on any atom is 0.139 e. The van der Waals surface area contributed by atoms with Crippen LogP contribution in [0.15, 0.2) is 42.7 Å². The number of halogens is 1. The summed E-state index contributed by atoms with van der Waals surface area (Å²) < 4.78 is 11.8. The Labute approximate surface area is 184 Å². The standard InChI is InChI=1S/C24H32ClN3O2/c25-21-4-1-3-20(13-21)17-29-12-8-19-6-10-28(11-7-19)23-14-24(16-26-15-23)30-18-22-5-2-9-27-22/h1,3-4,13-16,19,22,27H,2,5-12,17-18H2/t22-/m0/s1. The van der Waals surface area contributed by atoms with E-state index in [0.717, 1.165) is 61.5 Å². The first kappa shape index (κ1) is 21.4. The van der Waals surface area contributed by atoms with Crippen LogP contribution in [-0.4, -0.2) is 43.9 Å². The zero-order chi connectivity index (χ0) is 20.6. The second kappa shape index (κ2) is 11.0. The minimum atomic E-state index is 0.477. The van der Waals surface area contributed by atoms with E-state index < -0.39 is 0 Å². The molecule has 4 rings (SSSR count). The maximum atomic E-state index is 6.03. The largest absolute Gasteiger partial charge is 0.490 e.